The fourth-order valence-electron chi connectivity index (χ4n) is 3.23. The highest BCUT2D eigenvalue weighted by Crippen LogP contribution is 2.36. The summed E-state index contributed by atoms with van der Waals surface area (Å²) in [6, 6.07) is 11.2. The minimum absolute atomic E-state index is 0.0227. The Morgan fingerprint density at radius 2 is 1.72 bits per heavy atom. The number of benzene rings is 2. The van der Waals surface area contributed by atoms with Gasteiger partial charge in [-0.25, -0.2) is 8.42 Å². The summed E-state index contributed by atoms with van der Waals surface area (Å²) >= 11 is 3.31. The number of hydrogen-bond donors (Lipinski definition) is 1. The van der Waals surface area contributed by atoms with Crippen LogP contribution in [0.1, 0.15) is 18.4 Å². The summed E-state index contributed by atoms with van der Waals surface area (Å²) in [6.45, 7) is -0.0454. The van der Waals surface area contributed by atoms with E-state index in [1.165, 1.54) is 6.07 Å². The Morgan fingerprint density at radius 3 is 2.34 bits per heavy atom. The van der Waals surface area contributed by atoms with Gasteiger partial charge in [0.2, 0.25) is 15.9 Å². The van der Waals surface area contributed by atoms with Crippen molar-refractivity contribution >= 4 is 37.5 Å². The second kappa shape index (κ2) is 8.45. The molecule has 2 aromatic rings. The summed E-state index contributed by atoms with van der Waals surface area (Å²) in [7, 11) is -4.31. The van der Waals surface area contributed by atoms with Gasteiger partial charge in [0.15, 0.2) is 0 Å². The Morgan fingerprint density at radius 1 is 1.07 bits per heavy atom. The molecule has 1 fully saturated rings. The van der Waals surface area contributed by atoms with Gasteiger partial charge in [-0.15, -0.1) is 0 Å². The Kier molecular flexibility index (Phi) is 6.35. The number of halogens is 4. The Labute approximate surface area is 175 Å². The van der Waals surface area contributed by atoms with E-state index in [4.69, 9.17) is 0 Å². The third-order valence-corrected chi connectivity index (χ3v) is 7.18. The molecule has 1 aliphatic rings. The number of hydrogen-bond acceptors (Lipinski definition) is 3. The first-order valence-corrected chi connectivity index (χ1v) is 11.0. The van der Waals surface area contributed by atoms with E-state index in [0.717, 1.165) is 27.0 Å². The molecule has 156 valence electrons. The van der Waals surface area contributed by atoms with Crippen molar-refractivity contribution < 1.29 is 26.4 Å². The smallest absolute Gasteiger partial charge is 0.326 e. The number of alkyl halides is 3. The number of sulfonamides is 1. The number of carbonyl (C=O) groups excluding carboxylic acids is 1. The molecule has 0 radical (unpaired) electrons. The van der Waals surface area contributed by atoms with Crippen LogP contribution in [0.3, 0.4) is 0 Å². The van der Waals surface area contributed by atoms with Gasteiger partial charge in [-0.05, 0) is 43.2 Å². The lowest BCUT2D eigenvalue weighted by atomic mass is 9.97. The van der Waals surface area contributed by atoms with Gasteiger partial charge >= 0.3 is 6.18 Å². The predicted octanol–water partition coefficient (Wildman–Crippen LogP) is 4.51. The van der Waals surface area contributed by atoms with Crippen LogP contribution in [-0.4, -0.2) is 31.7 Å². The molecule has 1 heterocycles. The SMILES string of the molecule is O=C(Nc1cccc(Br)c1)C1CCN(S(=O)(=O)c2ccccc2C(F)(F)F)CC1. The van der Waals surface area contributed by atoms with Crippen LogP contribution in [0.5, 0.6) is 0 Å². The summed E-state index contributed by atoms with van der Waals surface area (Å²) in [5.74, 6) is -0.658. The first kappa shape index (κ1) is 21.8. The molecule has 1 saturated heterocycles. The Hall–Kier alpha value is -1.91. The van der Waals surface area contributed by atoms with Gasteiger partial charge in [0.1, 0.15) is 0 Å². The molecule has 1 amide bonds. The Bertz CT molecular complexity index is 1000. The number of nitrogens with zero attached hydrogens (tertiary/aromatic N) is 1. The monoisotopic (exact) mass is 490 g/mol. The molecule has 0 unspecified atom stereocenters. The number of anilines is 1. The molecule has 3 rings (SSSR count). The summed E-state index contributed by atoms with van der Waals surface area (Å²) < 4.78 is 67.0. The molecule has 0 saturated carbocycles. The molecular weight excluding hydrogens is 473 g/mol. The van der Waals surface area contributed by atoms with Gasteiger partial charge < -0.3 is 5.32 Å². The van der Waals surface area contributed by atoms with Crippen LogP contribution in [0.25, 0.3) is 0 Å². The van der Waals surface area contributed by atoms with Crippen molar-refractivity contribution in [2.24, 2.45) is 5.92 Å². The molecule has 29 heavy (non-hydrogen) atoms. The number of carbonyl (C=O) groups is 1. The molecule has 0 aliphatic carbocycles. The van der Waals surface area contributed by atoms with E-state index in [-0.39, 0.29) is 31.8 Å². The molecule has 10 heteroatoms. The van der Waals surface area contributed by atoms with Crippen molar-refractivity contribution in [3.05, 3.63) is 58.6 Å². The molecule has 2 aromatic carbocycles. The minimum Gasteiger partial charge on any atom is -0.326 e. The second-order valence-corrected chi connectivity index (χ2v) is 9.49. The number of amides is 1. The van der Waals surface area contributed by atoms with Crippen LogP contribution in [0, 0.1) is 5.92 Å². The van der Waals surface area contributed by atoms with Crippen molar-refractivity contribution in [3.63, 3.8) is 0 Å². The summed E-state index contributed by atoms with van der Waals surface area (Å²) in [5, 5.41) is 2.78. The molecule has 1 N–H and O–H groups in total. The molecule has 0 spiro atoms. The second-order valence-electron chi connectivity index (χ2n) is 6.67. The van der Waals surface area contributed by atoms with Crippen LogP contribution in [0.4, 0.5) is 18.9 Å². The first-order chi connectivity index (χ1) is 13.6. The van der Waals surface area contributed by atoms with Gasteiger partial charge in [-0.2, -0.15) is 17.5 Å². The van der Waals surface area contributed by atoms with Crippen LogP contribution < -0.4 is 5.32 Å². The Balaban J connectivity index is 1.70. The van der Waals surface area contributed by atoms with Gasteiger partial charge in [0.05, 0.1) is 10.5 Å². The summed E-state index contributed by atoms with van der Waals surface area (Å²) in [5.41, 5.74) is -0.576. The van der Waals surface area contributed by atoms with Crippen molar-refractivity contribution in [2.45, 2.75) is 23.9 Å². The van der Waals surface area contributed by atoms with Gasteiger partial charge in [0, 0.05) is 29.2 Å². The van der Waals surface area contributed by atoms with Gasteiger partial charge in [0.25, 0.3) is 0 Å². The summed E-state index contributed by atoms with van der Waals surface area (Å²) in [6.07, 6.45) is -4.31. The lowest BCUT2D eigenvalue weighted by molar-refractivity contribution is -0.139. The fraction of sp³-hybridized carbons (Fsp3) is 0.316. The van der Waals surface area contributed by atoms with Crippen molar-refractivity contribution in [3.8, 4) is 0 Å². The largest absolute Gasteiger partial charge is 0.417 e. The number of rotatable bonds is 4. The lowest BCUT2D eigenvalue weighted by Crippen LogP contribution is -2.41. The van der Waals surface area contributed by atoms with Crippen LogP contribution in [0.15, 0.2) is 57.9 Å². The minimum atomic E-state index is -4.77. The average molecular weight is 491 g/mol. The van der Waals surface area contributed by atoms with Gasteiger partial charge in [-0.3, -0.25) is 4.79 Å². The quantitative estimate of drug-likeness (QED) is 0.685. The van der Waals surface area contributed by atoms with E-state index >= 15 is 0 Å². The topological polar surface area (TPSA) is 66.5 Å². The predicted molar refractivity (Wildman–Crippen MR) is 106 cm³/mol. The van der Waals surface area contributed by atoms with Crippen LogP contribution in [0.2, 0.25) is 0 Å². The standard InChI is InChI=1S/C19H18BrF3N2O3S/c20-14-4-3-5-15(12-14)24-18(26)13-8-10-25(11-9-13)29(27,28)17-7-2-1-6-16(17)19(21,22)23/h1-7,12-13H,8-11H2,(H,24,26). The third kappa shape index (κ3) is 4.99. The van der Waals surface area contributed by atoms with E-state index in [2.05, 4.69) is 21.2 Å². The molecular formula is C19H18BrF3N2O3S. The van der Waals surface area contributed by atoms with Crippen LogP contribution in [-0.2, 0) is 21.0 Å². The van der Waals surface area contributed by atoms with Crippen LogP contribution >= 0.6 is 15.9 Å². The van der Waals surface area contributed by atoms with E-state index in [9.17, 15) is 26.4 Å². The lowest BCUT2D eigenvalue weighted by Gasteiger charge is -2.31. The first-order valence-electron chi connectivity index (χ1n) is 8.82. The zero-order valence-corrected chi connectivity index (χ0v) is 17.5. The van der Waals surface area contributed by atoms with E-state index in [1.807, 2.05) is 6.07 Å². The molecule has 0 atom stereocenters. The highest BCUT2D eigenvalue weighted by atomic mass is 79.9. The number of nitrogens with one attached hydrogen (secondary N) is 1. The molecule has 5 nitrogen and oxygen atoms in total. The average Bonchev–Trinajstić information content (AvgIpc) is 2.67. The zero-order chi connectivity index (χ0) is 21.2. The summed E-state index contributed by atoms with van der Waals surface area (Å²) in [4.78, 5) is 11.7. The van der Waals surface area contributed by atoms with Crippen molar-refractivity contribution in [1.82, 2.24) is 4.31 Å². The maximum absolute atomic E-state index is 13.2. The molecule has 1 aliphatic heterocycles. The highest BCUT2D eigenvalue weighted by molar-refractivity contribution is 9.10. The zero-order valence-electron chi connectivity index (χ0n) is 15.1. The van der Waals surface area contributed by atoms with Crippen molar-refractivity contribution in [2.75, 3.05) is 18.4 Å². The van der Waals surface area contributed by atoms with E-state index in [0.29, 0.717) is 5.69 Å². The van der Waals surface area contributed by atoms with E-state index < -0.39 is 32.6 Å². The highest BCUT2D eigenvalue weighted by Gasteiger charge is 2.40. The molecule has 0 aromatic heterocycles. The van der Waals surface area contributed by atoms with Crippen molar-refractivity contribution in [1.29, 1.82) is 0 Å². The number of piperidine rings is 1. The molecule has 0 bridgehead atoms. The fourth-order valence-corrected chi connectivity index (χ4v) is 5.31. The maximum Gasteiger partial charge on any atom is 0.417 e. The maximum atomic E-state index is 13.2. The third-order valence-electron chi connectivity index (χ3n) is 4.73. The van der Waals surface area contributed by atoms with Gasteiger partial charge in [-0.1, -0.05) is 34.1 Å². The van der Waals surface area contributed by atoms with E-state index in [1.54, 1.807) is 18.2 Å². The normalized spacial score (nSPS) is 16.6.